The zero-order valence-electron chi connectivity index (χ0n) is 20.1. The minimum absolute atomic E-state index is 0.00606. The molecule has 178 valence electrons. The van der Waals surface area contributed by atoms with Crippen molar-refractivity contribution in [1.29, 1.82) is 0 Å². The second kappa shape index (κ2) is 6.68. The van der Waals surface area contributed by atoms with E-state index in [2.05, 4.69) is 33.8 Å². The maximum atomic E-state index is 13.9. The summed E-state index contributed by atoms with van der Waals surface area (Å²) in [5.41, 5.74) is 0.884. The number of fused-ring (bicyclic) bond motifs is 7. The van der Waals surface area contributed by atoms with E-state index >= 15 is 0 Å². The predicted molar refractivity (Wildman–Crippen MR) is 119 cm³/mol. The standard InChI is InChI=1S/C27H40O5/c1-15-7-10-27(31-14-15)16(2)23-25(4)13-21(29)22-19(20(25)12-26(23,30)32-27)6-5-17-11-18(28)8-9-24(17,22)3/h5,15-16,18-20,22-23,28,30H,6-14H2,1-4H3/t15-,16+,18+,19+,20+,22-,23-,24+,25+,26+,27-/m1/s1. The molecule has 2 aliphatic heterocycles. The van der Waals surface area contributed by atoms with Gasteiger partial charge in [-0.2, -0.15) is 0 Å². The number of ketones is 1. The van der Waals surface area contributed by atoms with Gasteiger partial charge in [-0.3, -0.25) is 4.79 Å². The molecule has 11 atom stereocenters. The lowest BCUT2D eigenvalue weighted by molar-refractivity contribution is -0.331. The van der Waals surface area contributed by atoms with E-state index in [-0.39, 0.29) is 46.5 Å². The number of rotatable bonds is 0. The lowest BCUT2D eigenvalue weighted by Gasteiger charge is -2.57. The van der Waals surface area contributed by atoms with Crippen molar-refractivity contribution in [3.05, 3.63) is 11.6 Å². The number of ether oxygens (including phenoxy) is 2. The van der Waals surface area contributed by atoms with Gasteiger partial charge >= 0.3 is 0 Å². The average Bonchev–Trinajstić information content (AvgIpc) is 3.08. The maximum absolute atomic E-state index is 13.9. The van der Waals surface area contributed by atoms with Crippen LogP contribution in [-0.4, -0.2) is 40.3 Å². The Morgan fingerprint density at radius 3 is 2.66 bits per heavy atom. The predicted octanol–water partition coefficient (Wildman–Crippen LogP) is 4.21. The number of hydrogen-bond acceptors (Lipinski definition) is 5. The summed E-state index contributed by atoms with van der Waals surface area (Å²) in [5.74, 6) is -0.514. The molecule has 6 aliphatic rings. The van der Waals surface area contributed by atoms with Crippen LogP contribution in [0.4, 0.5) is 0 Å². The Morgan fingerprint density at radius 2 is 1.94 bits per heavy atom. The Balaban J connectivity index is 1.36. The molecule has 2 saturated heterocycles. The largest absolute Gasteiger partial charge is 0.393 e. The zero-order valence-corrected chi connectivity index (χ0v) is 20.1. The summed E-state index contributed by atoms with van der Waals surface area (Å²) in [6.45, 7) is 9.58. The molecule has 6 rings (SSSR count). The number of Topliss-reactive ketones (excluding diaryl/α,β-unsaturated/α-hetero) is 1. The van der Waals surface area contributed by atoms with Gasteiger partial charge in [0.05, 0.1) is 12.7 Å². The van der Waals surface area contributed by atoms with Crippen LogP contribution >= 0.6 is 0 Å². The highest BCUT2D eigenvalue weighted by atomic mass is 16.8. The first-order chi connectivity index (χ1) is 15.0. The fourth-order valence-electron chi connectivity index (χ4n) is 9.59. The maximum Gasteiger partial charge on any atom is 0.174 e. The van der Waals surface area contributed by atoms with Crippen LogP contribution in [0.3, 0.4) is 0 Å². The van der Waals surface area contributed by atoms with Crippen LogP contribution < -0.4 is 0 Å². The fourth-order valence-corrected chi connectivity index (χ4v) is 9.59. The van der Waals surface area contributed by atoms with E-state index < -0.39 is 11.6 Å². The summed E-state index contributed by atoms with van der Waals surface area (Å²) in [6.07, 6.45) is 8.31. The van der Waals surface area contributed by atoms with Crippen LogP contribution in [0.2, 0.25) is 0 Å². The molecule has 4 aliphatic carbocycles. The molecule has 0 radical (unpaired) electrons. The SMILES string of the molecule is C[C@@H]1CC[C@@]2(OC1)O[C@@]1(O)C[C@H]3[C@@H]4CC=C5C[C@@H](O)CC[C@]5(C)[C@H]4C(=O)C[C@]3(C)[C@H]1[C@@H]2C. The van der Waals surface area contributed by atoms with Gasteiger partial charge < -0.3 is 19.7 Å². The van der Waals surface area contributed by atoms with Crippen LogP contribution in [0.25, 0.3) is 0 Å². The molecule has 5 heteroatoms. The summed E-state index contributed by atoms with van der Waals surface area (Å²) in [4.78, 5) is 13.9. The summed E-state index contributed by atoms with van der Waals surface area (Å²) >= 11 is 0. The lowest BCUT2D eigenvalue weighted by atomic mass is 9.46. The van der Waals surface area contributed by atoms with Crippen LogP contribution in [0, 0.1) is 46.3 Å². The smallest absolute Gasteiger partial charge is 0.174 e. The van der Waals surface area contributed by atoms with Crippen molar-refractivity contribution < 1.29 is 24.5 Å². The van der Waals surface area contributed by atoms with Crippen molar-refractivity contribution in [2.45, 2.75) is 96.7 Å². The van der Waals surface area contributed by atoms with Gasteiger partial charge in [0.2, 0.25) is 0 Å². The molecule has 32 heavy (non-hydrogen) atoms. The second-order valence-corrected chi connectivity index (χ2v) is 12.9. The van der Waals surface area contributed by atoms with Gasteiger partial charge in [0, 0.05) is 37.0 Å². The Morgan fingerprint density at radius 1 is 1.16 bits per heavy atom. The van der Waals surface area contributed by atoms with Crippen molar-refractivity contribution in [3.63, 3.8) is 0 Å². The van der Waals surface area contributed by atoms with E-state index in [9.17, 15) is 15.0 Å². The van der Waals surface area contributed by atoms with Crippen molar-refractivity contribution in [2.75, 3.05) is 6.61 Å². The molecule has 0 aromatic heterocycles. The van der Waals surface area contributed by atoms with Crippen LogP contribution in [0.5, 0.6) is 0 Å². The lowest BCUT2D eigenvalue weighted by Crippen LogP contribution is -2.56. The molecule has 2 N–H and O–H groups in total. The third kappa shape index (κ3) is 2.63. The van der Waals surface area contributed by atoms with Gasteiger partial charge in [0.15, 0.2) is 11.6 Å². The van der Waals surface area contributed by atoms with E-state index in [1.54, 1.807) is 0 Å². The van der Waals surface area contributed by atoms with Gasteiger partial charge in [-0.15, -0.1) is 0 Å². The number of aliphatic hydroxyl groups is 2. The van der Waals surface area contributed by atoms with E-state index in [4.69, 9.17) is 9.47 Å². The minimum atomic E-state index is -1.21. The van der Waals surface area contributed by atoms with Crippen LogP contribution in [0.15, 0.2) is 11.6 Å². The number of allylic oxidation sites excluding steroid dienone is 1. The number of hydrogen-bond donors (Lipinski definition) is 2. The molecule has 2 heterocycles. The quantitative estimate of drug-likeness (QED) is 0.548. The number of carbonyl (C=O) groups is 1. The molecule has 0 bridgehead atoms. The highest BCUT2D eigenvalue weighted by Gasteiger charge is 2.75. The van der Waals surface area contributed by atoms with E-state index in [1.807, 2.05) is 0 Å². The molecule has 3 saturated carbocycles. The molecule has 0 aromatic carbocycles. The molecule has 1 spiro atoms. The second-order valence-electron chi connectivity index (χ2n) is 12.9. The topological polar surface area (TPSA) is 76.0 Å². The Kier molecular flexibility index (Phi) is 4.54. The Bertz CT molecular complexity index is 858. The van der Waals surface area contributed by atoms with Gasteiger partial charge in [0.1, 0.15) is 5.78 Å². The molecular formula is C27H40O5. The zero-order chi connectivity index (χ0) is 22.7. The third-order valence-corrected chi connectivity index (χ3v) is 11.1. The Hall–Kier alpha value is -0.750. The fraction of sp³-hybridized carbons (Fsp3) is 0.889. The first-order valence-electron chi connectivity index (χ1n) is 13.0. The van der Waals surface area contributed by atoms with E-state index in [1.165, 1.54) is 5.57 Å². The molecule has 0 amide bonds. The van der Waals surface area contributed by atoms with Gasteiger partial charge in [-0.05, 0) is 60.7 Å². The highest BCUT2D eigenvalue weighted by Crippen LogP contribution is 2.72. The monoisotopic (exact) mass is 444 g/mol. The van der Waals surface area contributed by atoms with Gasteiger partial charge in [-0.25, -0.2) is 0 Å². The van der Waals surface area contributed by atoms with E-state index in [0.29, 0.717) is 37.6 Å². The van der Waals surface area contributed by atoms with Crippen LogP contribution in [0.1, 0.15) is 79.1 Å². The summed E-state index contributed by atoms with van der Waals surface area (Å²) in [6, 6.07) is 0. The summed E-state index contributed by atoms with van der Waals surface area (Å²) < 4.78 is 12.9. The average molecular weight is 445 g/mol. The first-order valence-corrected chi connectivity index (χ1v) is 13.0. The molecule has 0 unspecified atom stereocenters. The van der Waals surface area contributed by atoms with Crippen molar-refractivity contribution in [1.82, 2.24) is 0 Å². The van der Waals surface area contributed by atoms with Crippen molar-refractivity contribution in [2.24, 2.45) is 46.3 Å². The number of carbonyl (C=O) groups excluding carboxylic acids is 1. The molecule has 5 nitrogen and oxygen atoms in total. The first kappa shape index (κ1) is 21.8. The minimum Gasteiger partial charge on any atom is -0.393 e. The summed E-state index contributed by atoms with van der Waals surface area (Å²) in [7, 11) is 0. The van der Waals surface area contributed by atoms with Gasteiger partial charge in [-0.1, -0.05) is 39.3 Å². The number of aliphatic hydroxyl groups excluding tert-OH is 1. The van der Waals surface area contributed by atoms with Crippen LogP contribution in [-0.2, 0) is 14.3 Å². The molecular weight excluding hydrogens is 404 g/mol. The van der Waals surface area contributed by atoms with Gasteiger partial charge in [0.25, 0.3) is 0 Å². The normalized spacial score (nSPS) is 59.2. The third-order valence-electron chi connectivity index (χ3n) is 11.1. The van der Waals surface area contributed by atoms with E-state index in [0.717, 1.165) is 32.1 Å². The Labute approximate surface area is 191 Å². The molecule has 5 fully saturated rings. The molecule has 0 aromatic rings. The highest BCUT2D eigenvalue weighted by molar-refractivity contribution is 5.85. The summed E-state index contributed by atoms with van der Waals surface area (Å²) in [5, 5.41) is 22.2. The van der Waals surface area contributed by atoms with Crippen molar-refractivity contribution >= 4 is 5.78 Å². The van der Waals surface area contributed by atoms with Crippen molar-refractivity contribution in [3.8, 4) is 0 Å².